The minimum Gasteiger partial charge on any atom is -0.778 e. The molecule has 0 aromatic heterocycles. The summed E-state index contributed by atoms with van der Waals surface area (Å²) in [7, 11) is -7.39. The van der Waals surface area contributed by atoms with E-state index >= 15 is 0 Å². The van der Waals surface area contributed by atoms with Crippen LogP contribution in [0.5, 0.6) is 0 Å². The zero-order chi connectivity index (χ0) is 53.5. The summed E-state index contributed by atoms with van der Waals surface area (Å²) in [4.78, 5) is 41.3. The number of nitrogens with zero attached hydrogens (tertiary/aromatic N) is 1. The molecule has 7 rings (SSSR count). The van der Waals surface area contributed by atoms with Crippen LogP contribution in [0.25, 0.3) is 22.3 Å². The SMILES string of the molecule is CCCCOP(=O)(CCCCC1(C(=O)NCC(F)(F)F)c2ccccc2-c2ccccc21)OCCN1CCOCC1.CCCCOP(=O)([O-])CCCCC1(C(=O)NCC(F)(F)F)c2ccccc2-c2ccccc21.[K+]. The third kappa shape index (κ3) is 16.9. The topological polar surface area (TPSA) is 156 Å². The van der Waals surface area contributed by atoms with Gasteiger partial charge in [-0.1, -0.05) is 137 Å². The van der Waals surface area contributed by atoms with Crippen molar-refractivity contribution in [3.63, 3.8) is 0 Å². The molecule has 21 heteroatoms. The van der Waals surface area contributed by atoms with Crippen molar-refractivity contribution in [2.45, 2.75) is 101 Å². The first-order chi connectivity index (χ1) is 35.3. The fraction of sp³-hybridized carbons (Fsp3) is 0.519. The second-order valence-electron chi connectivity index (χ2n) is 18.8. The molecule has 2 aliphatic carbocycles. The number of benzene rings is 4. The van der Waals surface area contributed by atoms with E-state index in [-0.39, 0.29) is 96.2 Å². The van der Waals surface area contributed by atoms with Gasteiger partial charge in [0.2, 0.25) is 11.8 Å². The van der Waals surface area contributed by atoms with Gasteiger partial charge in [-0.15, -0.1) is 0 Å². The summed E-state index contributed by atoms with van der Waals surface area (Å²) in [6, 6.07) is 29.1. The molecule has 4 aromatic carbocycles. The number of nitrogens with one attached hydrogen (secondary N) is 2. The molecular formula is C54H68F6KN3O9P2. The van der Waals surface area contributed by atoms with Gasteiger partial charge in [0.15, 0.2) is 0 Å². The molecule has 1 heterocycles. The Morgan fingerprint density at radius 2 is 0.960 bits per heavy atom. The number of hydrogen-bond donors (Lipinski definition) is 2. The molecule has 4 aromatic rings. The molecule has 0 radical (unpaired) electrons. The van der Waals surface area contributed by atoms with Crippen molar-refractivity contribution in [2.24, 2.45) is 0 Å². The van der Waals surface area contributed by atoms with Crippen LogP contribution in [0.4, 0.5) is 26.3 Å². The fourth-order valence-corrected chi connectivity index (χ4v) is 12.9. The van der Waals surface area contributed by atoms with Crippen molar-refractivity contribution in [2.75, 3.05) is 78.1 Å². The van der Waals surface area contributed by atoms with E-state index in [1.165, 1.54) is 0 Å². The first-order valence-electron chi connectivity index (χ1n) is 25.5. The molecule has 0 spiro atoms. The van der Waals surface area contributed by atoms with Crippen LogP contribution < -0.4 is 66.9 Å². The predicted molar refractivity (Wildman–Crippen MR) is 271 cm³/mol. The molecule has 2 N–H and O–H groups in total. The Morgan fingerprint density at radius 1 is 0.587 bits per heavy atom. The number of rotatable bonds is 26. The van der Waals surface area contributed by atoms with Gasteiger partial charge in [0.1, 0.15) is 31.5 Å². The van der Waals surface area contributed by atoms with Gasteiger partial charge in [-0.25, -0.2) is 0 Å². The number of ether oxygens (including phenoxy) is 1. The smallest absolute Gasteiger partial charge is 0.778 e. The van der Waals surface area contributed by atoms with Gasteiger partial charge in [-0.2, -0.15) is 26.3 Å². The maximum atomic E-state index is 13.7. The van der Waals surface area contributed by atoms with Gasteiger partial charge >= 0.3 is 71.3 Å². The molecule has 0 saturated carbocycles. The van der Waals surface area contributed by atoms with E-state index in [9.17, 15) is 50.0 Å². The Balaban J connectivity index is 0.000000280. The van der Waals surface area contributed by atoms with Crippen molar-refractivity contribution in [1.82, 2.24) is 15.5 Å². The van der Waals surface area contributed by atoms with E-state index < -0.39 is 63.3 Å². The number of amides is 2. The van der Waals surface area contributed by atoms with Gasteiger partial charge in [-0.05, 0) is 83.0 Å². The number of morpholine rings is 1. The van der Waals surface area contributed by atoms with Gasteiger partial charge in [-0.3, -0.25) is 19.1 Å². The van der Waals surface area contributed by atoms with Crippen molar-refractivity contribution in [1.29, 1.82) is 0 Å². The summed E-state index contributed by atoms with van der Waals surface area (Å²) in [5.74, 6) is -1.42. The summed E-state index contributed by atoms with van der Waals surface area (Å²) in [5.41, 5.74) is 3.30. The molecule has 0 bridgehead atoms. The molecule has 1 aliphatic heterocycles. The summed E-state index contributed by atoms with van der Waals surface area (Å²) in [5, 5.41) is 4.23. The summed E-state index contributed by atoms with van der Waals surface area (Å²) < 4.78 is 126. The summed E-state index contributed by atoms with van der Waals surface area (Å²) in [6.07, 6.45) is -4.11. The Labute approximate surface area is 479 Å². The van der Waals surface area contributed by atoms with Crippen molar-refractivity contribution in [3.8, 4) is 22.3 Å². The Bertz CT molecular complexity index is 2490. The molecule has 1 fully saturated rings. The number of carbonyl (C=O) groups excluding carboxylic acids is 2. The first-order valence-corrected chi connectivity index (χ1v) is 29.0. The van der Waals surface area contributed by atoms with Crippen LogP contribution in [-0.2, 0) is 47.9 Å². The third-order valence-corrected chi connectivity index (χ3v) is 17.1. The maximum absolute atomic E-state index is 13.7. The van der Waals surface area contributed by atoms with Gasteiger partial charge in [0, 0.05) is 25.8 Å². The standard InChI is InChI=1S/C30H40F3N2O5P.C24H29F3NO4P.K/c1-2-3-18-39-41(37,40-21-17-35-15-19-38-20-16-35)22-9-8-14-29(28(36)34-23-30(31,32)33)26-12-6-4-10-24(26)25-11-5-7-13-27(25)29;1-2-3-15-32-33(30,31)16-9-8-14-23(22(29)28-17-24(25,26)27)20-12-6-4-10-18(20)19-11-5-7-13-21(19)23;/h4-7,10-13H,2-3,8-9,14-23H2,1H3,(H,34,36);4-7,10-13H,2-3,8-9,14-17H2,1H3,(H,28,29)(H,30,31);/q;;+1/p-1. The Hall–Kier alpha value is -2.74. The second kappa shape index (κ2) is 28.9. The summed E-state index contributed by atoms with van der Waals surface area (Å²) >= 11 is 0. The van der Waals surface area contributed by atoms with Crippen molar-refractivity contribution < 1.29 is 120 Å². The molecule has 75 heavy (non-hydrogen) atoms. The average molecular weight is 1120 g/mol. The fourth-order valence-electron chi connectivity index (χ4n) is 10.0. The zero-order valence-corrected chi connectivity index (χ0v) is 48.0. The normalized spacial score (nSPS) is 16.9. The maximum Gasteiger partial charge on any atom is 1.00 e. The largest absolute Gasteiger partial charge is 1.00 e. The average Bonchev–Trinajstić information content (AvgIpc) is 3.84. The molecule has 2 unspecified atom stereocenters. The van der Waals surface area contributed by atoms with E-state index in [4.69, 9.17) is 18.3 Å². The monoisotopic (exact) mass is 1120 g/mol. The molecule has 3 aliphatic rings. The van der Waals surface area contributed by atoms with E-state index in [1.807, 2.05) is 74.5 Å². The Kier molecular flexibility index (Phi) is 24.3. The van der Waals surface area contributed by atoms with E-state index in [0.29, 0.717) is 74.3 Å². The molecule has 2 atom stereocenters. The zero-order valence-electron chi connectivity index (χ0n) is 43.1. The molecular weight excluding hydrogens is 1050 g/mol. The molecule has 2 amide bonds. The summed E-state index contributed by atoms with van der Waals surface area (Å²) in [6.45, 7) is 5.40. The molecule has 12 nitrogen and oxygen atoms in total. The molecule has 1 saturated heterocycles. The van der Waals surface area contributed by atoms with Crippen LogP contribution in [0.1, 0.15) is 100 Å². The number of hydrogen-bond acceptors (Lipinski definition) is 10. The number of unbranched alkanes of at least 4 members (excludes halogenated alkanes) is 4. The van der Waals surface area contributed by atoms with E-state index in [0.717, 1.165) is 54.6 Å². The van der Waals surface area contributed by atoms with Gasteiger partial charge in [0.05, 0.1) is 39.2 Å². The minimum absolute atomic E-state index is 0. The second-order valence-corrected chi connectivity index (χ2v) is 22.9. The number of carbonyl (C=O) groups is 2. The number of alkyl halides is 6. The van der Waals surface area contributed by atoms with Crippen LogP contribution in [0.15, 0.2) is 97.1 Å². The third-order valence-electron chi connectivity index (χ3n) is 13.6. The van der Waals surface area contributed by atoms with Crippen LogP contribution in [0.2, 0.25) is 0 Å². The quantitative estimate of drug-likeness (QED) is 0.0272. The van der Waals surface area contributed by atoms with Crippen molar-refractivity contribution >= 4 is 27.0 Å². The van der Waals surface area contributed by atoms with E-state index in [1.54, 1.807) is 36.4 Å². The van der Waals surface area contributed by atoms with Crippen LogP contribution in [0, 0.1) is 0 Å². The minimum atomic E-state index is -4.54. The van der Waals surface area contributed by atoms with Crippen LogP contribution in [-0.4, -0.2) is 107 Å². The van der Waals surface area contributed by atoms with Crippen LogP contribution in [0.3, 0.4) is 0 Å². The van der Waals surface area contributed by atoms with E-state index in [2.05, 4.69) is 15.5 Å². The Morgan fingerprint density at radius 3 is 1.36 bits per heavy atom. The molecule has 406 valence electrons. The first kappa shape index (κ1) is 63.1. The van der Waals surface area contributed by atoms with Gasteiger partial charge < -0.3 is 38.4 Å². The predicted octanol–water partition coefficient (Wildman–Crippen LogP) is 8.34. The van der Waals surface area contributed by atoms with Crippen molar-refractivity contribution in [3.05, 3.63) is 119 Å². The van der Waals surface area contributed by atoms with Crippen LogP contribution >= 0.6 is 15.2 Å². The van der Waals surface area contributed by atoms with Gasteiger partial charge in [0.25, 0.3) is 0 Å². The number of fused-ring (bicyclic) bond motifs is 6. The number of halogens is 6.